The van der Waals surface area contributed by atoms with Crippen molar-refractivity contribution < 1.29 is 44.8 Å². The topological polar surface area (TPSA) is 17.8 Å². The Hall–Kier alpha value is -6.61. The predicted molar refractivity (Wildman–Crippen MR) is 309 cm³/mol. The van der Waals surface area contributed by atoms with Gasteiger partial charge in [0.05, 0.1) is 29.9 Å². The monoisotopic (exact) mass is 1350 g/mol. The molecule has 0 aliphatic heterocycles. The van der Waals surface area contributed by atoms with Crippen molar-refractivity contribution in [3.05, 3.63) is 289 Å². The summed E-state index contributed by atoms with van der Waals surface area (Å²) in [4.78, 5) is 5.27. The second kappa shape index (κ2) is 24.2. The molecule has 0 bridgehead atoms. The number of benzene rings is 9. The first kappa shape index (κ1) is 52.3. The average molecular weight is 1350 g/mol. The molecule has 1 aromatic heterocycles. The predicted octanol–water partition coefficient (Wildman–Crippen LogP) is 13.2. The standard InChI is InChI=1S/C38H32N2P2.2C15H9.2Au/c1-40-35-28-37(42(32-23-13-5-14-24-32)33-25-15-6-16-26-33)36(27-34(35)39-38(40)29-17-7-2-8-18-29)41(30-19-9-3-10-20-30)31-21-11-4-12-22-31;2*1-2-11-7-8-13-10-12-5-3-4-6-14(12)15(13)9-11;;/h2-21,23-28,31H,22H2,1H3;2*3-9H,10H2;;/q;2*-1;2*+1/p+2. The van der Waals surface area contributed by atoms with E-state index >= 15 is 0 Å². The molecule has 0 amide bonds. The summed E-state index contributed by atoms with van der Waals surface area (Å²) >= 11 is 0. The molecule has 13 rings (SSSR count). The molecule has 0 fully saturated rings. The zero-order valence-electron chi connectivity index (χ0n) is 40.8. The van der Waals surface area contributed by atoms with Crippen LogP contribution in [0.25, 0.3) is 44.7 Å². The van der Waals surface area contributed by atoms with Gasteiger partial charge in [0.15, 0.2) is 0 Å². The summed E-state index contributed by atoms with van der Waals surface area (Å²) in [5, 5.41) is 7.24. The third kappa shape index (κ3) is 10.9. The van der Waals surface area contributed by atoms with Crippen LogP contribution in [0.4, 0.5) is 0 Å². The average Bonchev–Trinajstić information content (AvgIpc) is 4.13. The molecule has 10 aromatic rings. The number of nitrogens with zero attached hydrogens (tertiary/aromatic N) is 2. The maximum Gasteiger partial charge on any atom is 1.00 e. The first-order valence-corrected chi connectivity index (χ1v) is 27.7. The van der Waals surface area contributed by atoms with Crippen LogP contribution in [0.1, 0.15) is 39.8 Å². The number of allylic oxidation sites excluding steroid dienone is 4. The van der Waals surface area contributed by atoms with Crippen molar-refractivity contribution in [2.24, 2.45) is 7.05 Å². The van der Waals surface area contributed by atoms with Gasteiger partial charge in [0.2, 0.25) is 0 Å². The van der Waals surface area contributed by atoms with Gasteiger partial charge in [-0.2, -0.15) is 0 Å². The Balaban J connectivity index is 0.000000170. The molecule has 6 heteroatoms. The van der Waals surface area contributed by atoms with E-state index in [4.69, 9.17) is 17.8 Å². The third-order valence-corrected chi connectivity index (χ3v) is 20.2. The van der Waals surface area contributed by atoms with Gasteiger partial charge in [-0.05, 0) is 99.8 Å². The fourth-order valence-electron chi connectivity index (χ4n) is 10.6. The minimum Gasteiger partial charge on any atom is -0.366 e. The van der Waals surface area contributed by atoms with E-state index in [0.29, 0.717) is 5.66 Å². The van der Waals surface area contributed by atoms with Crippen molar-refractivity contribution in [3.8, 4) is 45.5 Å². The first-order chi connectivity index (χ1) is 35.5. The van der Waals surface area contributed by atoms with Gasteiger partial charge >= 0.3 is 44.8 Å². The summed E-state index contributed by atoms with van der Waals surface area (Å²) in [7, 11) is -0.361. The molecule has 0 spiro atoms. The van der Waals surface area contributed by atoms with Gasteiger partial charge in [-0.3, -0.25) is 11.8 Å². The van der Waals surface area contributed by atoms with Gasteiger partial charge in [0, 0.05) is 31.2 Å². The summed E-state index contributed by atoms with van der Waals surface area (Å²) in [6.07, 6.45) is 26.6. The maximum absolute atomic E-state index is 7.14. The summed E-state index contributed by atoms with van der Waals surface area (Å²) in [5.74, 6) is 5.89. The minimum absolute atomic E-state index is 0. The maximum atomic E-state index is 7.14. The van der Waals surface area contributed by atoms with Crippen LogP contribution in [-0.2, 0) is 64.6 Å². The van der Waals surface area contributed by atoms with Gasteiger partial charge < -0.3 is 17.4 Å². The second-order valence-corrected chi connectivity index (χ2v) is 23.6. The molecule has 74 heavy (non-hydrogen) atoms. The summed E-state index contributed by atoms with van der Waals surface area (Å²) in [6.45, 7) is 0. The van der Waals surface area contributed by atoms with Gasteiger partial charge in [-0.25, -0.2) is 4.98 Å². The molecule has 0 N–H and O–H groups in total. The van der Waals surface area contributed by atoms with E-state index in [1.807, 2.05) is 24.3 Å². The quantitative estimate of drug-likeness (QED) is 0.0673. The van der Waals surface area contributed by atoms with Crippen molar-refractivity contribution >= 4 is 53.4 Å². The molecular formula is C68H52Au2N2P2+2. The van der Waals surface area contributed by atoms with E-state index in [0.717, 1.165) is 47.3 Å². The fraction of sp³-hybridized carbons (Fsp3) is 0.0735. The van der Waals surface area contributed by atoms with Crippen LogP contribution >= 0.6 is 15.8 Å². The van der Waals surface area contributed by atoms with Crippen LogP contribution in [-0.4, -0.2) is 15.2 Å². The molecule has 9 aromatic carbocycles. The first-order valence-electron chi connectivity index (χ1n) is 24.6. The number of fused-ring (bicyclic) bond motifs is 7. The molecule has 2 atom stereocenters. The summed E-state index contributed by atoms with van der Waals surface area (Å²) in [5.41, 5.74) is 16.2. The SMILES string of the molecule is Cn1c(-c2ccccc2)nc2cc([PH+](c3ccccc3)C3C=CC=CC3)c([PH+](c3ccccc3)c3ccccc3)cc21.[Au+].[Au+].[C-]#Cc1ccc2c(c1)-c1ccccc1C2.[C-]#Cc1ccc2c(c1)-c1ccccc1C2. The second-order valence-electron chi connectivity index (χ2n) is 18.5. The molecule has 2 nitrogen and oxygen atoms in total. The number of aromatic nitrogens is 2. The van der Waals surface area contributed by atoms with E-state index in [1.54, 1.807) is 0 Å². The van der Waals surface area contributed by atoms with Gasteiger partial charge in [0.1, 0.15) is 35.0 Å². The van der Waals surface area contributed by atoms with Crippen LogP contribution in [0.3, 0.4) is 0 Å². The number of rotatable bonds is 7. The zero-order chi connectivity index (χ0) is 48.8. The van der Waals surface area contributed by atoms with Crippen LogP contribution in [0.15, 0.2) is 243 Å². The smallest absolute Gasteiger partial charge is 0.366 e. The Bertz CT molecular complexity index is 3570. The van der Waals surface area contributed by atoms with E-state index < -0.39 is 15.8 Å². The number of aryl methyl sites for hydroxylation is 1. The Morgan fingerprint density at radius 3 is 1.46 bits per heavy atom. The number of hydrogen-bond acceptors (Lipinski definition) is 1. The van der Waals surface area contributed by atoms with E-state index in [9.17, 15) is 0 Å². The Kier molecular flexibility index (Phi) is 17.1. The Morgan fingerprint density at radius 2 is 0.959 bits per heavy atom. The number of hydrogen-bond donors (Lipinski definition) is 0. The van der Waals surface area contributed by atoms with Crippen molar-refractivity contribution in [1.82, 2.24) is 9.55 Å². The number of imidazole rings is 1. The molecule has 0 saturated carbocycles. The van der Waals surface area contributed by atoms with Gasteiger partial charge in [0.25, 0.3) is 0 Å². The molecule has 364 valence electrons. The van der Waals surface area contributed by atoms with Crippen molar-refractivity contribution in [3.63, 3.8) is 0 Å². The van der Waals surface area contributed by atoms with E-state index in [2.05, 4.69) is 242 Å². The molecule has 2 unspecified atom stereocenters. The molecule has 3 aliphatic rings. The Labute approximate surface area is 470 Å². The largest absolute Gasteiger partial charge is 1.00 e. The summed E-state index contributed by atoms with van der Waals surface area (Å²) in [6, 6.07) is 78.2. The molecule has 0 radical (unpaired) electrons. The molecule has 1 heterocycles. The van der Waals surface area contributed by atoms with Crippen molar-refractivity contribution in [2.75, 3.05) is 0 Å². The third-order valence-electron chi connectivity index (χ3n) is 14.1. The van der Waals surface area contributed by atoms with Crippen LogP contribution in [0.2, 0.25) is 0 Å². The van der Waals surface area contributed by atoms with E-state index in [-0.39, 0.29) is 44.8 Å². The molecular weight excluding hydrogens is 1300 g/mol. The Morgan fingerprint density at radius 1 is 0.486 bits per heavy atom. The van der Waals surface area contributed by atoms with Crippen LogP contribution in [0.5, 0.6) is 0 Å². The van der Waals surface area contributed by atoms with Gasteiger partial charge in [-0.15, -0.1) is 35.4 Å². The summed E-state index contributed by atoms with van der Waals surface area (Å²) < 4.78 is 2.28. The van der Waals surface area contributed by atoms with Gasteiger partial charge in [-0.1, -0.05) is 164 Å². The molecule has 0 saturated heterocycles. The molecule has 3 aliphatic carbocycles. The fourth-order valence-corrected chi connectivity index (χ4v) is 17.0. The van der Waals surface area contributed by atoms with Crippen LogP contribution < -0.4 is 26.5 Å². The minimum atomic E-state index is -1.32. The van der Waals surface area contributed by atoms with Crippen molar-refractivity contribution in [1.29, 1.82) is 0 Å². The van der Waals surface area contributed by atoms with E-state index in [1.165, 1.54) is 76.5 Å². The van der Waals surface area contributed by atoms with Crippen LogP contribution in [0, 0.1) is 24.7 Å². The zero-order valence-corrected chi connectivity index (χ0v) is 47.1. The van der Waals surface area contributed by atoms with Crippen molar-refractivity contribution in [2.45, 2.75) is 24.9 Å². The normalized spacial score (nSPS) is 13.4.